The van der Waals surface area contributed by atoms with Crippen molar-refractivity contribution < 1.29 is 4.79 Å². The zero-order chi connectivity index (χ0) is 10.3. The van der Waals surface area contributed by atoms with Gasteiger partial charge >= 0.3 is 0 Å². The largest absolute Gasteiger partial charge is 0.325 e. The summed E-state index contributed by atoms with van der Waals surface area (Å²) in [5, 5.41) is 2.83. The van der Waals surface area contributed by atoms with E-state index in [0.29, 0.717) is 0 Å². The fourth-order valence-electron chi connectivity index (χ4n) is 1.66. The maximum absolute atomic E-state index is 11.6. The van der Waals surface area contributed by atoms with E-state index in [1.54, 1.807) is 0 Å². The lowest BCUT2D eigenvalue weighted by molar-refractivity contribution is -0.119. The Hall–Kier alpha value is -1.55. The maximum atomic E-state index is 11.6. The number of hydrogen-bond donors (Lipinski definition) is 3. The van der Waals surface area contributed by atoms with Crippen molar-refractivity contribution in [1.82, 2.24) is 0 Å². The maximum Gasteiger partial charge on any atom is 0.234 e. The van der Waals surface area contributed by atoms with Gasteiger partial charge in [0.25, 0.3) is 0 Å². The van der Waals surface area contributed by atoms with Crippen LogP contribution in [0.2, 0.25) is 0 Å². The van der Waals surface area contributed by atoms with Crippen LogP contribution >= 0.6 is 0 Å². The van der Waals surface area contributed by atoms with Crippen molar-refractivity contribution in [3.63, 3.8) is 0 Å². The van der Waals surface area contributed by atoms with Crippen molar-refractivity contribution in [2.24, 2.45) is 5.84 Å². The Labute approximate surface area is 82.5 Å². The zero-order valence-electron chi connectivity index (χ0n) is 8.22. The van der Waals surface area contributed by atoms with Crippen LogP contribution in [0, 0.1) is 0 Å². The molecule has 74 valence electrons. The topological polar surface area (TPSA) is 67.2 Å². The van der Waals surface area contributed by atoms with Crippen molar-refractivity contribution in [1.29, 1.82) is 0 Å². The summed E-state index contributed by atoms with van der Waals surface area (Å²) in [7, 11) is 0. The van der Waals surface area contributed by atoms with Gasteiger partial charge in [0, 0.05) is 11.4 Å². The van der Waals surface area contributed by atoms with Crippen molar-refractivity contribution in [2.75, 3.05) is 10.7 Å². The molecular formula is C10H13N3O. The highest BCUT2D eigenvalue weighted by atomic mass is 16.2. The van der Waals surface area contributed by atoms with Crippen LogP contribution in [0.15, 0.2) is 18.2 Å². The Morgan fingerprint density at radius 1 is 1.43 bits per heavy atom. The first-order valence-electron chi connectivity index (χ1n) is 4.48. The highest BCUT2D eigenvalue weighted by Gasteiger charge is 2.38. The van der Waals surface area contributed by atoms with Crippen molar-refractivity contribution >= 4 is 17.3 Å². The van der Waals surface area contributed by atoms with Crippen LogP contribution in [-0.4, -0.2) is 5.91 Å². The molecule has 1 heterocycles. The Morgan fingerprint density at radius 3 is 2.79 bits per heavy atom. The average molecular weight is 191 g/mol. The van der Waals surface area contributed by atoms with Crippen molar-refractivity contribution in [3.8, 4) is 0 Å². The van der Waals surface area contributed by atoms with Gasteiger partial charge in [0.2, 0.25) is 5.91 Å². The van der Waals surface area contributed by atoms with Crippen LogP contribution in [-0.2, 0) is 10.2 Å². The fraction of sp³-hybridized carbons (Fsp3) is 0.300. The molecule has 0 aliphatic carbocycles. The third-order valence-corrected chi connectivity index (χ3v) is 2.68. The molecule has 1 aliphatic heterocycles. The van der Waals surface area contributed by atoms with E-state index in [9.17, 15) is 4.79 Å². The molecule has 0 unspecified atom stereocenters. The van der Waals surface area contributed by atoms with Crippen LogP contribution in [0.25, 0.3) is 0 Å². The number of hydrogen-bond acceptors (Lipinski definition) is 3. The minimum atomic E-state index is -0.470. The van der Waals surface area contributed by atoms with Crippen LogP contribution in [0.4, 0.5) is 11.4 Å². The fourth-order valence-corrected chi connectivity index (χ4v) is 1.66. The Bertz CT molecular complexity index is 398. The number of nitrogen functional groups attached to an aromatic ring is 1. The van der Waals surface area contributed by atoms with Gasteiger partial charge in [-0.1, -0.05) is 0 Å². The summed E-state index contributed by atoms with van der Waals surface area (Å²) < 4.78 is 0. The summed E-state index contributed by atoms with van der Waals surface area (Å²) in [4.78, 5) is 11.6. The van der Waals surface area contributed by atoms with E-state index >= 15 is 0 Å². The molecule has 4 heteroatoms. The number of rotatable bonds is 1. The number of carbonyl (C=O) groups is 1. The van der Waals surface area contributed by atoms with Gasteiger partial charge in [-0.25, -0.2) is 0 Å². The summed E-state index contributed by atoms with van der Waals surface area (Å²) in [5.74, 6) is 5.34. The normalized spacial score (nSPS) is 17.5. The number of hydrazine groups is 1. The summed E-state index contributed by atoms with van der Waals surface area (Å²) in [6, 6.07) is 5.59. The zero-order valence-corrected chi connectivity index (χ0v) is 8.22. The minimum Gasteiger partial charge on any atom is -0.325 e. The Balaban J connectivity index is 2.56. The van der Waals surface area contributed by atoms with Gasteiger partial charge < -0.3 is 10.7 Å². The molecule has 0 fully saturated rings. The quantitative estimate of drug-likeness (QED) is 0.461. The predicted octanol–water partition coefficient (Wildman–Crippen LogP) is 1.20. The summed E-state index contributed by atoms with van der Waals surface area (Å²) in [6.07, 6.45) is 0. The number of carbonyl (C=O) groups excluding carboxylic acids is 1. The molecule has 4 nitrogen and oxygen atoms in total. The van der Waals surface area contributed by atoms with E-state index < -0.39 is 5.41 Å². The lowest BCUT2D eigenvalue weighted by Crippen LogP contribution is -2.26. The SMILES string of the molecule is CC1(C)C(=O)Nc2ccc(NN)cc21. The molecule has 0 saturated carbocycles. The van der Waals surface area contributed by atoms with Gasteiger partial charge in [0.15, 0.2) is 0 Å². The van der Waals surface area contributed by atoms with E-state index in [2.05, 4.69) is 10.7 Å². The van der Waals surface area contributed by atoms with E-state index in [1.165, 1.54) is 0 Å². The van der Waals surface area contributed by atoms with Gasteiger partial charge in [0.1, 0.15) is 0 Å². The molecule has 0 saturated heterocycles. The first kappa shape index (κ1) is 9.02. The molecule has 4 N–H and O–H groups in total. The molecule has 0 bridgehead atoms. The van der Waals surface area contributed by atoms with Gasteiger partial charge in [-0.2, -0.15) is 0 Å². The number of amides is 1. The number of nitrogens with one attached hydrogen (secondary N) is 2. The first-order valence-corrected chi connectivity index (χ1v) is 4.48. The molecule has 1 aliphatic rings. The van der Waals surface area contributed by atoms with E-state index in [1.807, 2.05) is 32.0 Å². The van der Waals surface area contributed by atoms with E-state index in [-0.39, 0.29) is 5.91 Å². The number of benzene rings is 1. The second kappa shape index (κ2) is 2.72. The van der Waals surface area contributed by atoms with Gasteiger partial charge in [-0.3, -0.25) is 10.6 Å². The molecule has 0 atom stereocenters. The third kappa shape index (κ3) is 1.08. The van der Waals surface area contributed by atoms with Gasteiger partial charge in [-0.05, 0) is 37.6 Å². The molecule has 1 aromatic rings. The summed E-state index contributed by atoms with van der Waals surface area (Å²) in [6.45, 7) is 3.79. The standard InChI is InChI=1S/C10H13N3O/c1-10(2)7-5-6(13-11)3-4-8(7)12-9(10)14/h3-5,13H,11H2,1-2H3,(H,12,14). The molecule has 0 radical (unpaired) electrons. The summed E-state index contributed by atoms with van der Waals surface area (Å²) >= 11 is 0. The smallest absolute Gasteiger partial charge is 0.234 e. The number of nitrogens with two attached hydrogens (primary N) is 1. The Morgan fingerprint density at radius 2 is 2.14 bits per heavy atom. The van der Waals surface area contributed by atoms with Crippen LogP contribution < -0.4 is 16.6 Å². The van der Waals surface area contributed by atoms with E-state index in [0.717, 1.165) is 16.9 Å². The predicted molar refractivity (Wildman–Crippen MR) is 55.9 cm³/mol. The van der Waals surface area contributed by atoms with Gasteiger partial charge in [-0.15, -0.1) is 0 Å². The molecule has 14 heavy (non-hydrogen) atoms. The highest BCUT2D eigenvalue weighted by molar-refractivity contribution is 6.05. The first-order chi connectivity index (χ1) is 6.55. The van der Waals surface area contributed by atoms with E-state index in [4.69, 9.17) is 5.84 Å². The van der Waals surface area contributed by atoms with Crippen LogP contribution in [0.3, 0.4) is 0 Å². The molecule has 0 aromatic heterocycles. The molecule has 2 rings (SSSR count). The van der Waals surface area contributed by atoms with Crippen LogP contribution in [0.5, 0.6) is 0 Å². The second-order valence-corrected chi connectivity index (χ2v) is 3.98. The highest BCUT2D eigenvalue weighted by Crippen LogP contribution is 2.38. The van der Waals surface area contributed by atoms with Crippen molar-refractivity contribution in [3.05, 3.63) is 23.8 Å². The average Bonchev–Trinajstić information content (AvgIpc) is 2.38. The molecule has 1 aromatic carbocycles. The Kier molecular flexibility index (Phi) is 1.75. The number of fused-ring (bicyclic) bond motifs is 1. The van der Waals surface area contributed by atoms with Gasteiger partial charge in [0.05, 0.1) is 5.41 Å². The summed E-state index contributed by atoms with van der Waals surface area (Å²) in [5.41, 5.74) is 4.77. The molecule has 1 amide bonds. The minimum absolute atomic E-state index is 0.0293. The molecule has 0 spiro atoms. The lowest BCUT2D eigenvalue weighted by atomic mass is 9.86. The van der Waals surface area contributed by atoms with Crippen LogP contribution in [0.1, 0.15) is 19.4 Å². The number of anilines is 2. The molecular weight excluding hydrogens is 178 g/mol. The third-order valence-electron chi connectivity index (χ3n) is 2.68. The lowest BCUT2D eigenvalue weighted by Gasteiger charge is -2.15. The monoisotopic (exact) mass is 191 g/mol. The van der Waals surface area contributed by atoms with Crippen molar-refractivity contribution in [2.45, 2.75) is 19.3 Å². The second-order valence-electron chi connectivity index (χ2n) is 3.98.